The zero-order valence-corrected chi connectivity index (χ0v) is 9.42. The lowest BCUT2D eigenvalue weighted by atomic mass is 9.97. The molecular weight excluding hydrogens is 172 g/mol. The maximum Gasteiger partial charge on any atom is 0.0190 e. The van der Waals surface area contributed by atoms with Crippen LogP contribution in [0.1, 0.15) is 20.3 Å². The van der Waals surface area contributed by atoms with Gasteiger partial charge >= 0.3 is 0 Å². The highest BCUT2D eigenvalue weighted by Crippen LogP contribution is 2.19. The first-order valence-electron chi connectivity index (χ1n) is 5.84. The Morgan fingerprint density at radius 3 is 3.00 bits per heavy atom. The summed E-state index contributed by atoms with van der Waals surface area (Å²) in [4.78, 5) is 2.61. The second-order valence-electron chi connectivity index (χ2n) is 4.97. The zero-order chi connectivity index (χ0) is 9.97. The van der Waals surface area contributed by atoms with Gasteiger partial charge in [0.25, 0.3) is 0 Å². The van der Waals surface area contributed by atoms with Crippen molar-refractivity contribution in [2.24, 2.45) is 11.8 Å². The molecule has 1 N–H and O–H groups in total. The molecular formula is C12H22N2. The summed E-state index contributed by atoms with van der Waals surface area (Å²) in [6.45, 7) is 10.8. The van der Waals surface area contributed by atoms with Crippen molar-refractivity contribution >= 4 is 0 Å². The molecule has 0 aromatic carbocycles. The van der Waals surface area contributed by atoms with Gasteiger partial charge in [0.1, 0.15) is 0 Å². The van der Waals surface area contributed by atoms with Gasteiger partial charge in [0, 0.05) is 19.6 Å². The summed E-state index contributed by atoms with van der Waals surface area (Å²) < 4.78 is 0. The van der Waals surface area contributed by atoms with Crippen LogP contribution in [0.4, 0.5) is 0 Å². The van der Waals surface area contributed by atoms with Crippen LogP contribution >= 0.6 is 0 Å². The molecule has 0 bridgehead atoms. The number of hydrogen-bond donors (Lipinski definition) is 1. The highest BCUT2D eigenvalue weighted by atomic mass is 15.1. The number of nitrogens with one attached hydrogen (secondary N) is 1. The van der Waals surface area contributed by atoms with E-state index in [2.05, 4.69) is 30.1 Å². The Balaban J connectivity index is 1.82. The van der Waals surface area contributed by atoms with Crippen LogP contribution in [-0.4, -0.2) is 37.6 Å². The van der Waals surface area contributed by atoms with E-state index in [0.717, 1.165) is 11.8 Å². The van der Waals surface area contributed by atoms with Gasteiger partial charge in [-0.3, -0.25) is 4.90 Å². The summed E-state index contributed by atoms with van der Waals surface area (Å²) in [6.07, 6.45) is 3.63. The van der Waals surface area contributed by atoms with Crippen molar-refractivity contribution in [3.8, 4) is 0 Å². The average Bonchev–Trinajstić information content (AvgIpc) is 2.52. The molecule has 80 valence electrons. The minimum atomic E-state index is 0.862. The standard InChI is InChI=1S/C12H22N2/c1-10-4-3-5-14(8-10)9-12-7-13-6-11(12)2/h4,11-13H,3,5-9H2,1-2H3. The molecule has 2 heterocycles. The van der Waals surface area contributed by atoms with E-state index in [1.165, 1.54) is 39.1 Å². The molecule has 0 aromatic heterocycles. The van der Waals surface area contributed by atoms with Crippen LogP contribution in [0.2, 0.25) is 0 Å². The third-order valence-corrected chi connectivity index (χ3v) is 3.58. The van der Waals surface area contributed by atoms with E-state index in [-0.39, 0.29) is 0 Å². The van der Waals surface area contributed by atoms with Crippen LogP contribution in [0.15, 0.2) is 11.6 Å². The Bertz CT molecular complexity index is 222. The summed E-state index contributed by atoms with van der Waals surface area (Å²) in [5, 5.41) is 3.48. The van der Waals surface area contributed by atoms with E-state index in [9.17, 15) is 0 Å². The molecule has 1 fully saturated rings. The Morgan fingerprint density at radius 1 is 1.50 bits per heavy atom. The topological polar surface area (TPSA) is 15.3 Å². The lowest BCUT2D eigenvalue weighted by Crippen LogP contribution is -2.36. The lowest BCUT2D eigenvalue weighted by Gasteiger charge is -2.29. The van der Waals surface area contributed by atoms with E-state index in [4.69, 9.17) is 0 Å². The van der Waals surface area contributed by atoms with Crippen molar-refractivity contribution in [1.29, 1.82) is 0 Å². The Hall–Kier alpha value is -0.340. The summed E-state index contributed by atoms with van der Waals surface area (Å²) in [5.41, 5.74) is 1.55. The van der Waals surface area contributed by atoms with Crippen molar-refractivity contribution in [3.05, 3.63) is 11.6 Å². The van der Waals surface area contributed by atoms with Gasteiger partial charge in [-0.2, -0.15) is 0 Å². The van der Waals surface area contributed by atoms with Crippen LogP contribution in [0.3, 0.4) is 0 Å². The van der Waals surface area contributed by atoms with Gasteiger partial charge in [0.05, 0.1) is 0 Å². The van der Waals surface area contributed by atoms with Gasteiger partial charge in [-0.25, -0.2) is 0 Å². The first-order chi connectivity index (χ1) is 6.75. The van der Waals surface area contributed by atoms with Crippen LogP contribution in [-0.2, 0) is 0 Å². The molecule has 2 aliphatic heterocycles. The molecule has 2 nitrogen and oxygen atoms in total. The third kappa shape index (κ3) is 2.37. The maximum absolute atomic E-state index is 3.48. The molecule has 2 rings (SSSR count). The smallest absolute Gasteiger partial charge is 0.0190 e. The van der Waals surface area contributed by atoms with E-state index in [0.29, 0.717) is 0 Å². The molecule has 0 aromatic rings. The van der Waals surface area contributed by atoms with Crippen molar-refractivity contribution in [2.45, 2.75) is 20.3 Å². The number of hydrogen-bond acceptors (Lipinski definition) is 2. The maximum atomic E-state index is 3.48. The predicted octanol–water partition coefficient (Wildman–Crippen LogP) is 1.49. The highest BCUT2D eigenvalue weighted by molar-refractivity contribution is 5.04. The number of nitrogens with zero attached hydrogens (tertiary/aromatic N) is 1. The minimum absolute atomic E-state index is 0.862. The minimum Gasteiger partial charge on any atom is -0.316 e. The van der Waals surface area contributed by atoms with Gasteiger partial charge in [0.15, 0.2) is 0 Å². The molecule has 0 saturated carbocycles. The van der Waals surface area contributed by atoms with Crippen molar-refractivity contribution in [3.63, 3.8) is 0 Å². The SMILES string of the molecule is CC1=CCCN(CC2CNCC2C)C1. The Labute approximate surface area is 87.4 Å². The fourth-order valence-electron chi connectivity index (χ4n) is 2.59. The molecule has 0 amide bonds. The van der Waals surface area contributed by atoms with Gasteiger partial charge in [-0.15, -0.1) is 0 Å². The van der Waals surface area contributed by atoms with Crippen LogP contribution in [0, 0.1) is 11.8 Å². The fourth-order valence-corrected chi connectivity index (χ4v) is 2.59. The molecule has 14 heavy (non-hydrogen) atoms. The van der Waals surface area contributed by atoms with Gasteiger partial charge in [-0.1, -0.05) is 18.6 Å². The summed E-state index contributed by atoms with van der Waals surface area (Å²) in [7, 11) is 0. The Kier molecular flexibility index (Phi) is 3.24. The molecule has 0 spiro atoms. The summed E-state index contributed by atoms with van der Waals surface area (Å²) in [5.74, 6) is 1.74. The second-order valence-corrected chi connectivity index (χ2v) is 4.97. The highest BCUT2D eigenvalue weighted by Gasteiger charge is 2.25. The Morgan fingerprint density at radius 2 is 2.36 bits per heavy atom. The fraction of sp³-hybridized carbons (Fsp3) is 0.833. The zero-order valence-electron chi connectivity index (χ0n) is 9.42. The van der Waals surface area contributed by atoms with E-state index >= 15 is 0 Å². The molecule has 2 heteroatoms. The van der Waals surface area contributed by atoms with Crippen LogP contribution in [0.25, 0.3) is 0 Å². The first kappa shape index (κ1) is 10.2. The first-order valence-corrected chi connectivity index (χ1v) is 5.84. The van der Waals surface area contributed by atoms with E-state index < -0.39 is 0 Å². The second kappa shape index (κ2) is 4.45. The molecule has 2 unspecified atom stereocenters. The molecule has 2 aliphatic rings. The largest absolute Gasteiger partial charge is 0.316 e. The predicted molar refractivity (Wildman–Crippen MR) is 60.3 cm³/mol. The normalized spacial score (nSPS) is 34.6. The third-order valence-electron chi connectivity index (χ3n) is 3.58. The average molecular weight is 194 g/mol. The molecule has 0 radical (unpaired) electrons. The summed E-state index contributed by atoms with van der Waals surface area (Å²) >= 11 is 0. The number of rotatable bonds is 2. The van der Waals surface area contributed by atoms with Crippen molar-refractivity contribution < 1.29 is 0 Å². The molecule has 2 atom stereocenters. The summed E-state index contributed by atoms with van der Waals surface area (Å²) in [6, 6.07) is 0. The van der Waals surface area contributed by atoms with Gasteiger partial charge in [0.2, 0.25) is 0 Å². The molecule has 0 aliphatic carbocycles. The quantitative estimate of drug-likeness (QED) is 0.670. The van der Waals surface area contributed by atoms with Crippen LogP contribution < -0.4 is 5.32 Å². The van der Waals surface area contributed by atoms with Crippen LogP contribution in [0.5, 0.6) is 0 Å². The molecule has 1 saturated heterocycles. The van der Waals surface area contributed by atoms with E-state index in [1.807, 2.05) is 0 Å². The van der Waals surface area contributed by atoms with Crippen molar-refractivity contribution in [1.82, 2.24) is 10.2 Å². The van der Waals surface area contributed by atoms with Gasteiger partial charge in [-0.05, 0) is 38.3 Å². The van der Waals surface area contributed by atoms with E-state index in [1.54, 1.807) is 5.57 Å². The van der Waals surface area contributed by atoms with Crippen molar-refractivity contribution in [2.75, 3.05) is 32.7 Å². The van der Waals surface area contributed by atoms with Gasteiger partial charge < -0.3 is 5.32 Å². The monoisotopic (exact) mass is 194 g/mol. The lowest BCUT2D eigenvalue weighted by molar-refractivity contribution is 0.229.